The van der Waals surface area contributed by atoms with Crippen molar-refractivity contribution in [1.29, 1.82) is 0 Å². The lowest BCUT2D eigenvalue weighted by atomic mass is 9.79. The SMILES string of the molecule is [2H]c1c(OC)c(OC([2H])([2H])[2H])c([2H])c2c1C1CC([2H])(OC(=O)[C@@]([2H])(N)C([2H])(C([2H])([2H])[2H])C([2H])([2H])[2H])C(C([2H])([2H])C([2H])(C)C([2H])([2H])[2H])CN1C([2H])([2H])C2([2H])[2H]. The second-order valence-electron chi connectivity index (χ2n) is 6.58. The van der Waals surface area contributed by atoms with Crippen LogP contribution in [0, 0.1) is 17.7 Å². The Hall–Kier alpha value is -1.79. The fourth-order valence-corrected chi connectivity index (χ4v) is 3.20. The minimum Gasteiger partial charge on any atom is -0.493 e. The van der Waals surface area contributed by atoms with E-state index >= 15 is 0 Å². The van der Waals surface area contributed by atoms with Crippen LogP contribution in [0.1, 0.15) is 90.3 Å². The largest absolute Gasteiger partial charge is 0.493 e. The molecule has 0 amide bonds. The van der Waals surface area contributed by atoms with Crippen LogP contribution in [0.5, 0.6) is 11.5 Å². The Morgan fingerprint density at radius 1 is 1.47 bits per heavy atom. The number of benzene rings is 1. The van der Waals surface area contributed by atoms with Gasteiger partial charge in [-0.3, -0.25) is 9.69 Å². The minimum atomic E-state index is -4.20. The summed E-state index contributed by atoms with van der Waals surface area (Å²) < 4.78 is 213. The zero-order valence-electron chi connectivity index (χ0n) is 40.2. The predicted molar refractivity (Wildman–Crippen MR) is 118 cm³/mol. The van der Waals surface area contributed by atoms with Gasteiger partial charge in [0.1, 0.15) is 12.1 Å². The average molecular weight is 443 g/mol. The topological polar surface area (TPSA) is 74.0 Å². The highest BCUT2D eigenvalue weighted by Gasteiger charge is 2.41. The highest BCUT2D eigenvalue weighted by Crippen LogP contribution is 2.44. The lowest BCUT2D eigenvalue weighted by Gasteiger charge is -2.47. The normalized spacial score (nSPS) is 48.0. The Morgan fingerprint density at radius 2 is 2.27 bits per heavy atom. The Labute approximate surface area is 214 Å². The third-order valence-electron chi connectivity index (χ3n) is 4.57. The number of hydrogen-bond donors (Lipinski definition) is 1. The number of rotatable bonds is 7. The first-order valence-corrected chi connectivity index (χ1v) is 8.76. The molecule has 3 rings (SSSR count). The van der Waals surface area contributed by atoms with Crippen molar-refractivity contribution >= 4 is 5.97 Å². The number of piperidine rings is 1. The van der Waals surface area contributed by atoms with E-state index in [9.17, 15) is 6.17 Å². The van der Waals surface area contributed by atoms with E-state index in [1.54, 1.807) is 0 Å². The van der Waals surface area contributed by atoms with Crippen LogP contribution in [0.25, 0.3) is 0 Å². The van der Waals surface area contributed by atoms with Gasteiger partial charge in [-0.05, 0) is 47.7 Å². The maximum absolute atomic E-state index is 13.8. The molecule has 0 aromatic heterocycles. The summed E-state index contributed by atoms with van der Waals surface area (Å²) in [5, 5.41) is 0. The maximum Gasteiger partial charge on any atom is 0.323 e. The molecule has 0 saturated carbocycles. The summed E-state index contributed by atoms with van der Waals surface area (Å²) in [7, 11) is -2.42. The second-order valence-corrected chi connectivity index (χ2v) is 6.58. The van der Waals surface area contributed by atoms with Crippen LogP contribution in [0.15, 0.2) is 12.1 Å². The molecule has 0 bridgehead atoms. The van der Waals surface area contributed by atoms with Crippen molar-refractivity contribution in [2.24, 2.45) is 23.4 Å². The van der Waals surface area contributed by atoms with Gasteiger partial charge in [-0.2, -0.15) is 0 Å². The molecule has 168 valence electrons. The lowest BCUT2D eigenvalue weighted by Crippen LogP contribution is -2.51. The Balaban J connectivity index is 2.48. The first-order valence-electron chi connectivity index (χ1n) is 20.8. The summed E-state index contributed by atoms with van der Waals surface area (Å²) in [6.07, 6.45) is -11.9. The zero-order chi connectivity index (χ0) is 42.8. The molecule has 2 heterocycles. The third kappa shape index (κ3) is 4.75. The van der Waals surface area contributed by atoms with Gasteiger partial charge >= 0.3 is 5.97 Å². The number of nitrogens with zero attached hydrogens (tertiary/aromatic N) is 1. The summed E-state index contributed by atoms with van der Waals surface area (Å²) in [6.45, 7) is -15.9. The van der Waals surface area contributed by atoms with E-state index in [1.807, 2.05) is 0 Å². The highest BCUT2D eigenvalue weighted by atomic mass is 16.5. The number of fused-ring (bicyclic) bond motifs is 3. The molecule has 4 unspecified atom stereocenters. The molecule has 0 radical (unpaired) electrons. The van der Waals surface area contributed by atoms with E-state index in [0.717, 1.165) is 7.11 Å². The number of nitrogens with two attached hydrogens (primary N) is 1. The van der Waals surface area contributed by atoms with Crippen LogP contribution in [0.3, 0.4) is 0 Å². The predicted octanol–water partition coefficient (Wildman–Crippen LogP) is 3.56. The quantitative estimate of drug-likeness (QED) is 0.651. The molecule has 5 atom stereocenters. The molecule has 2 aliphatic heterocycles. The molecule has 1 aromatic carbocycles. The van der Waals surface area contributed by atoms with E-state index in [2.05, 4.69) is 0 Å². The van der Waals surface area contributed by atoms with E-state index in [0.29, 0.717) is 11.8 Å². The van der Waals surface area contributed by atoms with Crippen LogP contribution < -0.4 is 15.2 Å². The van der Waals surface area contributed by atoms with Crippen molar-refractivity contribution < 1.29 is 51.9 Å². The first kappa shape index (κ1) is 7.11. The monoisotopic (exact) mass is 442 g/mol. The molecular weight excluding hydrogens is 380 g/mol. The van der Waals surface area contributed by atoms with E-state index in [-0.39, 0.29) is 0 Å². The van der Waals surface area contributed by atoms with E-state index < -0.39 is 136 Å². The highest BCUT2D eigenvalue weighted by molar-refractivity contribution is 5.76. The Bertz CT molecular complexity index is 1630. The van der Waals surface area contributed by atoms with Gasteiger partial charge in [0, 0.05) is 54.7 Å². The molecule has 1 saturated heterocycles. The first-order chi connectivity index (χ1) is 23.6. The third-order valence-corrected chi connectivity index (χ3v) is 4.57. The number of methoxy groups -OCH3 is 2. The molecule has 6 nitrogen and oxygen atoms in total. The van der Waals surface area contributed by atoms with Crippen molar-refractivity contribution in [2.45, 2.75) is 64.8 Å². The van der Waals surface area contributed by atoms with Gasteiger partial charge in [0.2, 0.25) is 0 Å². The fraction of sp³-hybridized carbons (Fsp3) is 0.708. The van der Waals surface area contributed by atoms with Crippen LogP contribution >= 0.6 is 0 Å². The number of carbonyl (C=O) groups is 1. The van der Waals surface area contributed by atoms with Gasteiger partial charge in [0.05, 0.1) is 23.7 Å². The molecule has 6 heteroatoms. The minimum absolute atomic E-state index is 0.505. The van der Waals surface area contributed by atoms with Crippen molar-refractivity contribution in [2.75, 3.05) is 27.2 Å². The van der Waals surface area contributed by atoms with Gasteiger partial charge in [-0.1, -0.05) is 27.5 Å². The van der Waals surface area contributed by atoms with Gasteiger partial charge in [0.25, 0.3) is 0 Å². The van der Waals surface area contributed by atoms with Crippen LogP contribution in [-0.2, 0) is 15.9 Å². The summed E-state index contributed by atoms with van der Waals surface area (Å²) in [5.41, 5.74) is 3.93. The van der Waals surface area contributed by atoms with E-state index in [4.69, 9.17) is 51.5 Å². The Kier molecular flexibility index (Phi) is 2.27. The standard InChI is InChI=1S/C24H38N2O4/c1-14(2)9-17-13-26-8-7-16-10-21(28-5)22(29-6)11-18(16)19(26)12-20(17)30-24(27)23(25)15(3)4/h10-11,14-15,17,19-20,23H,7-9,12-13,25H2,1-6H3/t17?,19?,20?,23-/m0/s1/i1D3,3D3,4D3,5D3,7D2,8D2,9D2,10D,11D,14D,15D,20D,23D/t14?,17?,19?,20?,23-. The molecule has 1 fully saturated rings. The molecule has 0 aliphatic carbocycles. The number of ether oxygens (including phenoxy) is 3. The van der Waals surface area contributed by atoms with Crippen molar-refractivity contribution in [1.82, 2.24) is 4.90 Å². The summed E-state index contributed by atoms with van der Waals surface area (Å²) >= 11 is 0. The van der Waals surface area contributed by atoms with Gasteiger partial charge in [-0.25, -0.2) is 0 Å². The fourth-order valence-electron chi connectivity index (χ4n) is 3.20. The van der Waals surface area contributed by atoms with Crippen molar-refractivity contribution in [3.05, 3.63) is 23.2 Å². The molecule has 2 aliphatic rings. The average Bonchev–Trinajstić information content (AvgIpc) is 2.94. The summed E-state index contributed by atoms with van der Waals surface area (Å²) in [6, 6.07) is -8.23. The number of esters is 1. The lowest BCUT2D eigenvalue weighted by molar-refractivity contribution is -0.160. The number of carbonyl (C=O) groups excluding carboxylic acids is 1. The molecular formula is C24H38N2O4. The second kappa shape index (κ2) is 9.56. The van der Waals surface area contributed by atoms with Crippen molar-refractivity contribution in [3.8, 4) is 11.5 Å². The van der Waals surface area contributed by atoms with Gasteiger partial charge in [-0.15, -0.1) is 0 Å². The molecule has 1 aromatic rings. The van der Waals surface area contributed by atoms with Gasteiger partial charge in [0.15, 0.2) is 11.5 Å². The molecule has 0 spiro atoms. The van der Waals surface area contributed by atoms with Crippen LogP contribution in [0.2, 0.25) is 0 Å². The molecule has 30 heavy (non-hydrogen) atoms. The Morgan fingerprint density at radius 3 is 2.97 bits per heavy atom. The number of hydrogen-bond acceptors (Lipinski definition) is 6. The van der Waals surface area contributed by atoms with Crippen LogP contribution in [-0.4, -0.2) is 50.2 Å². The summed E-state index contributed by atoms with van der Waals surface area (Å²) in [5.74, 6) is -14.3. The molecule has 2 N–H and O–H groups in total. The van der Waals surface area contributed by atoms with E-state index in [1.165, 1.54) is 0 Å². The van der Waals surface area contributed by atoms with Gasteiger partial charge < -0.3 is 19.9 Å². The smallest absolute Gasteiger partial charge is 0.323 e. The zero-order valence-corrected chi connectivity index (χ0v) is 16.2. The van der Waals surface area contributed by atoms with Crippen LogP contribution in [0.4, 0.5) is 0 Å². The maximum atomic E-state index is 13.8. The van der Waals surface area contributed by atoms with Crippen molar-refractivity contribution in [3.63, 3.8) is 0 Å². The summed E-state index contributed by atoms with van der Waals surface area (Å²) in [4.78, 5) is 14.3.